The van der Waals surface area contributed by atoms with Gasteiger partial charge in [-0.25, -0.2) is 4.79 Å². The van der Waals surface area contributed by atoms with E-state index in [2.05, 4.69) is 18.6 Å². The summed E-state index contributed by atoms with van der Waals surface area (Å²) in [4.78, 5) is 10.2. The molecular formula is C9H17ClO2. The third-order valence-corrected chi connectivity index (χ3v) is 2.13. The third-order valence-electron chi connectivity index (χ3n) is 2.02. The van der Waals surface area contributed by atoms with Crippen LogP contribution in [0.2, 0.25) is 0 Å². The minimum Gasteiger partial charge on any atom is -0.454 e. The molecule has 0 aliphatic rings. The quantitative estimate of drug-likeness (QED) is 0.602. The van der Waals surface area contributed by atoms with Crippen LogP contribution in [-0.4, -0.2) is 12.0 Å². The van der Waals surface area contributed by atoms with E-state index in [0.717, 1.165) is 12.8 Å². The Morgan fingerprint density at radius 3 is 2.50 bits per heavy atom. The number of hydrogen-bond donors (Lipinski definition) is 0. The first-order valence-corrected chi connectivity index (χ1v) is 4.90. The topological polar surface area (TPSA) is 26.3 Å². The van der Waals surface area contributed by atoms with Crippen molar-refractivity contribution in [3.05, 3.63) is 0 Å². The van der Waals surface area contributed by atoms with Crippen LogP contribution in [0, 0.1) is 5.92 Å². The maximum absolute atomic E-state index is 10.2. The summed E-state index contributed by atoms with van der Waals surface area (Å²) in [5, 5.41) is 0. The summed E-state index contributed by atoms with van der Waals surface area (Å²) in [7, 11) is 0. The van der Waals surface area contributed by atoms with E-state index in [0.29, 0.717) is 12.5 Å². The van der Waals surface area contributed by atoms with E-state index in [1.807, 2.05) is 0 Å². The van der Waals surface area contributed by atoms with E-state index in [1.54, 1.807) is 0 Å². The molecule has 0 aromatic carbocycles. The fourth-order valence-electron chi connectivity index (χ4n) is 1.27. The average molecular weight is 193 g/mol. The van der Waals surface area contributed by atoms with Gasteiger partial charge in [-0.3, -0.25) is 0 Å². The van der Waals surface area contributed by atoms with Gasteiger partial charge >= 0.3 is 5.43 Å². The highest BCUT2D eigenvalue weighted by atomic mass is 35.5. The average Bonchev–Trinajstić information content (AvgIpc) is 2.02. The first kappa shape index (κ1) is 11.8. The maximum Gasteiger partial charge on any atom is 0.403 e. The normalized spacial score (nSPS) is 12.6. The molecule has 0 bridgehead atoms. The largest absolute Gasteiger partial charge is 0.454 e. The highest BCUT2D eigenvalue weighted by molar-refractivity contribution is 6.61. The van der Waals surface area contributed by atoms with Crippen LogP contribution < -0.4 is 0 Å². The van der Waals surface area contributed by atoms with Crippen molar-refractivity contribution >= 4 is 17.0 Å². The molecule has 0 amide bonds. The molecule has 0 aromatic rings. The molecule has 0 fully saturated rings. The van der Waals surface area contributed by atoms with Crippen LogP contribution in [0.1, 0.15) is 39.5 Å². The fraction of sp³-hybridized carbons (Fsp3) is 0.889. The van der Waals surface area contributed by atoms with Crippen LogP contribution >= 0.6 is 11.6 Å². The Morgan fingerprint density at radius 1 is 1.42 bits per heavy atom. The molecule has 0 aliphatic carbocycles. The zero-order chi connectivity index (χ0) is 9.40. The zero-order valence-electron chi connectivity index (χ0n) is 7.81. The SMILES string of the molecule is CCCC(CC)CCOC(=O)Cl. The van der Waals surface area contributed by atoms with Crippen LogP contribution in [0.15, 0.2) is 0 Å². The lowest BCUT2D eigenvalue weighted by Gasteiger charge is -2.12. The van der Waals surface area contributed by atoms with Gasteiger partial charge in [0.1, 0.15) is 0 Å². The van der Waals surface area contributed by atoms with Gasteiger partial charge < -0.3 is 4.74 Å². The van der Waals surface area contributed by atoms with Crippen LogP contribution in [0.3, 0.4) is 0 Å². The van der Waals surface area contributed by atoms with Crippen LogP contribution in [-0.2, 0) is 4.74 Å². The van der Waals surface area contributed by atoms with Crippen LogP contribution in [0.5, 0.6) is 0 Å². The fourth-order valence-corrected chi connectivity index (χ4v) is 1.34. The van der Waals surface area contributed by atoms with Gasteiger partial charge in [0.15, 0.2) is 0 Å². The van der Waals surface area contributed by atoms with Crippen LogP contribution in [0.25, 0.3) is 0 Å². The van der Waals surface area contributed by atoms with Gasteiger partial charge in [-0.2, -0.15) is 0 Å². The molecule has 0 rings (SSSR count). The first-order chi connectivity index (χ1) is 5.70. The van der Waals surface area contributed by atoms with Gasteiger partial charge in [0, 0.05) is 11.6 Å². The van der Waals surface area contributed by atoms with Gasteiger partial charge in [0.25, 0.3) is 0 Å². The van der Waals surface area contributed by atoms with E-state index in [9.17, 15) is 4.79 Å². The molecule has 72 valence electrons. The van der Waals surface area contributed by atoms with Crippen molar-refractivity contribution < 1.29 is 9.53 Å². The first-order valence-electron chi connectivity index (χ1n) is 4.52. The number of rotatable bonds is 6. The van der Waals surface area contributed by atoms with Gasteiger partial charge in [0.2, 0.25) is 0 Å². The van der Waals surface area contributed by atoms with Crippen molar-refractivity contribution in [3.8, 4) is 0 Å². The van der Waals surface area contributed by atoms with Crippen molar-refractivity contribution in [3.63, 3.8) is 0 Å². The molecule has 3 heteroatoms. The third kappa shape index (κ3) is 6.47. The Kier molecular flexibility index (Phi) is 7.26. The van der Waals surface area contributed by atoms with Crippen LogP contribution in [0.4, 0.5) is 4.79 Å². The zero-order valence-corrected chi connectivity index (χ0v) is 8.56. The predicted molar refractivity (Wildman–Crippen MR) is 50.5 cm³/mol. The van der Waals surface area contributed by atoms with E-state index < -0.39 is 5.43 Å². The Bertz CT molecular complexity index is 126. The summed E-state index contributed by atoms with van der Waals surface area (Å²) >= 11 is 5.02. The molecule has 0 saturated heterocycles. The smallest absolute Gasteiger partial charge is 0.403 e. The molecule has 0 radical (unpaired) electrons. The summed E-state index contributed by atoms with van der Waals surface area (Å²) < 4.78 is 4.65. The molecule has 1 unspecified atom stereocenters. The lowest BCUT2D eigenvalue weighted by atomic mass is 9.98. The second-order valence-electron chi connectivity index (χ2n) is 2.94. The molecule has 12 heavy (non-hydrogen) atoms. The summed E-state index contributed by atoms with van der Waals surface area (Å²) in [6, 6.07) is 0. The second-order valence-corrected chi connectivity index (χ2v) is 3.25. The standard InChI is InChI=1S/C9H17ClO2/c1-3-5-8(4-2)6-7-12-9(10)11/h8H,3-7H2,1-2H3. The monoisotopic (exact) mass is 192 g/mol. The minimum atomic E-state index is -0.693. The number of ether oxygens (including phenoxy) is 1. The second kappa shape index (κ2) is 7.41. The molecule has 0 N–H and O–H groups in total. The molecule has 0 heterocycles. The van der Waals surface area contributed by atoms with Crippen molar-refractivity contribution in [1.82, 2.24) is 0 Å². The number of carbonyl (C=O) groups is 1. The Balaban J connectivity index is 3.37. The lowest BCUT2D eigenvalue weighted by molar-refractivity contribution is 0.163. The summed E-state index contributed by atoms with van der Waals surface area (Å²) in [5.41, 5.74) is -0.693. The Morgan fingerprint density at radius 2 is 2.08 bits per heavy atom. The summed E-state index contributed by atoms with van der Waals surface area (Å²) in [6.45, 7) is 4.78. The Hall–Kier alpha value is -0.240. The maximum atomic E-state index is 10.2. The highest BCUT2D eigenvalue weighted by Gasteiger charge is 2.05. The van der Waals surface area contributed by atoms with Gasteiger partial charge in [-0.1, -0.05) is 33.1 Å². The molecule has 0 saturated carbocycles. The van der Waals surface area contributed by atoms with Crippen molar-refractivity contribution in [2.24, 2.45) is 5.92 Å². The predicted octanol–water partition coefficient (Wildman–Crippen LogP) is 3.58. The summed E-state index contributed by atoms with van der Waals surface area (Å²) in [5.74, 6) is 0.672. The number of carbonyl (C=O) groups excluding carboxylic acids is 1. The van der Waals surface area contributed by atoms with Crippen molar-refractivity contribution in [2.75, 3.05) is 6.61 Å². The molecule has 0 aliphatic heterocycles. The number of hydrogen-bond acceptors (Lipinski definition) is 2. The molecular weight excluding hydrogens is 176 g/mol. The summed E-state index contributed by atoms with van der Waals surface area (Å²) in [6.07, 6.45) is 4.47. The molecule has 0 spiro atoms. The van der Waals surface area contributed by atoms with E-state index >= 15 is 0 Å². The van der Waals surface area contributed by atoms with Gasteiger partial charge in [-0.05, 0) is 12.3 Å². The van der Waals surface area contributed by atoms with Crippen molar-refractivity contribution in [1.29, 1.82) is 0 Å². The highest BCUT2D eigenvalue weighted by Crippen LogP contribution is 2.14. The van der Waals surface area contributed by atoms with E-state index in [1.165, 1.54) is 12.8 Å². The molecule has 1 atom stereocenters. The Labute approximate surface area is 79.2 Å². The molecule has 2 nitrogen and oxygen atoms in total. The lowest BCUT2D eigenvalue weighted by Crippen LogP contribution is -2.05. The molecule has 0 aromatic heterocycles. The van der Waals surface area contributed by atoms with E-state index in [-0.39, 0.29) is 0 Å². The van der Waals surface area contributed by atoms with E-state index in [4.69, 9.17) is 11.6 Å². The minimum absolute atomic E-state index is 0.459. The van der Waals surface area contributed by atoms with Gasteiger partial charge in [-0.15, -0.1) is 0 Å². The van der Waals surface area contributed by atoms with Crippen molar-refractivity contribution in [2.45, 2.75) is 39.5 Å². The van der Waals surface area contributed by atoms with Gasteiger partial charge in [0.05, 0.1) is 6.61 Å². The number of halogens is 1.